The molecule has 3 aromatic rings. The molecule has 0 amide bonds. The monoisotopic (exact) mass is 404 g/mol. The maximum absolute atomic E-state index is 6.02. The first-order chi connectivity index (χ1) is 13.0. The number of halogens is 1. The van der Waals surface area contributed by atoms with Crippen molar-refractivity contribution in [3.8, 4) is 0 Å². The van der Waals surface area contributed by atoms with E-state index in [0.717, 1.165) is 28.0 Å². The first-order valence-corrected chi connectivity index (χ1v) is 9.39. The van der Waals surface area contributed by atoms with E-state index in [9.17, 15) is 0 Å². The minimum Gasteiger partial charge on any atom is -0.366 e. The molecule has 1 atom stereocenters. The molecule has 0 saturated carbocycles. The molecule has 27 heavy (non-hydrogen) atoms. The zero-order valence-corrected chi connectivity index (χ0v) is 17.4. The van der Waals surface area contributed by atoms with Crippen LogP contribution in [0.3, 0.4) is 0 Å². The predicted molar refractivity (Wildman–Crippen MR) is 112 cm³/mol. The molecule has 0 aliphatic heterocycles. The summed E-state index contributed by atoms with van der Waals surface area (Å²) in [5.74, 6) is 0. The van der Waals surface area contributed by atoms with Gasteiger partial charge in [0, 0.05) is 37.2 Å². The third-order valence-electron chi connectivity index (χ3n) is 3.75. The van der Waals surface area contributed by atoms with Crippen LogP contribution in [0.15, 0.2) is 66.2 Å². The van der Waals surface area contributed by atoms with Crippen molar-refractivity contribution in [1.82, 2.24) is 19.4 Å². The summed E-state index contributed by atoms with van der Waals surface area (Å²) in [6, 6.07) is 13.6. The van der Waals surface area contributed by atoms with E-state index >= 15 is 0 Å². The number of benzene rings is 1. The van der Waals surface area contributed by atoms with E-state index in [1.807, 2.05) is 74.4 Å². The number of aryl methyl sites for hydroxylation is 1. The minimum atomic E-state index is -0.159. The third kappa shape index (κ3) is 7.34. The van der Waals surface area contributed by atoms with Gasteiger partial charge in [-0.2, -0.15) is 0 Å². The van der Waals surface area contributed by atoms with Crippen molar-refractivity contribution in [2.45, 2.75) is 11.3 Å². The highest BCUT2D eigenvalue weighted by atomic mass is 35.5. The molecule has 1 unspecified atom stereocenters. The molecular weight excluding hydrogens is 380 g/mol. The van der Waals surface area contributed by atoms with E-state index < -0.39 is 0 Å². The highest BCUT2D eigenvalue weighted by Gasteiger charge is 2.15. The van der Waals surface area contributed by atoms with E-state index in [-0.39, 0.29) is 6.10 Å². The lowest BCUT2D eigenvalue weighted by atomic mass is 10.1. The Morgan fingerprint density at radius 1 is 1.11 bits per heavy atom. The largest absolute Gasteiger partial charge is 0.366 e. The third-order valence-corrected chi connectivity index (χ3v) is 4.43. The van der Waals surface area contributed by atoms with Gasteiger partial charge in [0.05, 0.1) is 12.3 Å². The topological polar surface area (TPSA) is 43.2 Å². The van der Waals surface area contributed by atoms with Gasteiger partial charge in [-0.25, -0.2) is 4.98 Å². The van der Waals surface area contributed by atoms with Crippen molar-refractivity contribution >= 4 is 24.2 Å². The number of hydrogen-bond donors (Lipinski definition) is 1. The predicted octanol–water partition coefficient (Wildman–Crippen LogP) is 4.11. The number of likely N-dealkylation sites (N-methyl/N-ethyl adjacent to an activating group) is 1. The van der Waals surface area contributed by atoms with Gasteiger partial charge in [0.25, 0.3) is 0 Å². The van der Waals surface area contributed by atoms with E-state index in [2.05, 4.69) is 27.5 Å². The van der Waals surface area contributed by atoms with E-state index in [1.54, 1.807) is 12.4 Å². The van der Waals surface area contributed by atoms with Crippen LogP contribution in [0.2, 0.25) is 5.02 Å². The van der Waals surface area contributed by atoms with Crippen molar-refractivity contribution in [2.75, 3.05) is 27.2 Å². The summed E-state index contributed by atoms with van der Waals surface area (Å²) in [6.07, 6.45) is 5.19. The lowest BCUT2D eigenvalue weighted by Gasteiger charge is -2.19. The zero-order valence-electron chi connectivity index (χ0n) is 15.8. The summed E-state index contributed by atoms with van der Waals surface area (Å²) in [4.78, 5) is 10.3. The highest BCUT2D eigenvalue weighted by Crippen LogP contribution is 2.25. The van der Waals surface area contributed by atoms with Crippen LogP contribution in [0.4, 0.5) is 0 Å². The molecule has 0 fully saturated rings. The second-order valence-corrected chi connectivity index (χ2v) is 7.03. The number of pyridine rings is 1. The molecular formula is C20H25ClN4OS. The molecule has 1 aromatic carbocycles. The molecule has 0 aliphatic carbocycles. The van der Waals surface area contributed by atoms with Crippen molar-refractivity contribution in [1.29, 1.82) is 0 Å². The quantitative estimate of drug-likeness (QED) is 0.628. The normalized spacial score (nSPS) is 11.8. The first kappa shape index (κ1) is 21.4. The minimum absolute atomic E-state index is 0.159. The average Bonchev–Trinajstić information content (AvgIpc) is 3.04. The van der Waals surface area contributed by atoms with Gasteiger partial charge in [-0.1, -0.05) is 29.8 Å². The standard InChI is InChI=1S/C16H19ClN2O.C4H6N2S/c1-19(2)11-12-20-16(15-5-3-4-10-18-15)13-6-8-14(17)9-7-13;1-6-3-2-5-4(6)7/h3-10,16H,11-12H2,1-2H3;2-3H,1H3,(H,5,7). The number of hydrogen-bond acceptors (Lipinski definition) is 5. The highest BCUT2D eigenvalue weighted by molar-refractivity contribution is 7.80. The lowest BCUT2D eigenvalue weighted by Crippen LogP contribution is -2.20. The molecule has 144 valence electrons. The summed E-state index contributed by atoms with van der Waals surface area (Å²) in [7, 11) is 5.96. The van der Waals surface area contributed by atoms with Crippen LogP contribution in [0, 0.1) is 0 Å². The summed E-state index contributed by atoms with van der Waals surface area (Å²) < 4.78 is 7.85. The molecule has 0 bridgehead atoms. The molecule has 0 saturated heterocycles. The van der Waals surface area contributed by atoms with Crippen LogP contribution >= 0.6 is 24.2 Å². The molecule has 5 nitrogen and oxygen atoms in total. The molecule has 2 heterocycles. The summed E-state index contributed by atoms with van der Waals surface area (Å²) in [6.45, 7) is 1.52. The Bertz CT molecular complexity index is 777. The van der Waals surface area contributed by atoms with Gasteiger partial charge in [-0.05, 0) is 43.9 Å². The Kier molecular flexibility index (Phi) is 8.81. The summed E-state index contributed by atoms with van der Waals surface area (Å²) >= 11 is 9.95. The Labute approximate surface area is 171 Å². The molecule has 7 heteroatoms. The molecule has 0 N–H and O–H groups in total. The number of imidazole rings is 1. The van der Waals surface area contributed by atoms with Gasteiger partial charge >= 0.3 is 0 Å². The Morgan fingerprint density at radius 3 is 2.33 bits per heavy atom. The van der Waals surface area contributed by atoms with Crippen LogP contribution in [-0.2, 0) is 11.8 Å². The van der Waals surface area contributed by atoms with Gasteiger partial charge in [-0.3, -0.25) is 4.98 Å². The smallest absolute Gasteiger partial charge is 0.164 e. The maximum atomic E-state index is 6.02. The molecule has 0 spiro atoms. The van der Waals surface area contributed by atoms with Gasteiger partial charge in [0.1, 0.15) is 6.10 Å². The summed E-state index contributed by atoms with van der Waals surface area (Å²) in [5, 5.41) is 1.47. The van der Waals surface area contributed by atoms with E-state index in [1.165, 1.54) is 0 Å². The van der Waals surface area contributed by atoms with Gasteiger partial charge in [-0.15, -0.1) is 12.6 Å². The number of ether oxygens (including phenoxy) is 1. The molecule has 0 aliphatic rings. The van der Waals surface area contributed by atoms with Crippen LogP contribution < -0.4 is 0 Å². The Balaban J connectivity index is 0.000000313. The molecule has 2 aromatic heterocycles. The fraction of sp³-hybridized carbons (Fsp3) is 0.300. The molecule has 0 radical (unpaired) electrons. The maximum Gasteiger partial charge on any atom is 0.164 e. The number of aromatic nitrogens is 3. The van der Waals surface area contributed by atoms with E-state index in [0.29, 0.717) is 6.61 Å². The van der Waals surface area contributed by atoms with Gasteiger partial charge in [0.2, 0.25) is 0 Å². The zero-order chi connectivity index (χ0) is 19.6. The number of nitrogens with zero attached hydrogens (tertiary/aromatic N) is 4. The summed E-state index contributed by atoms with van der Waals surface area (Å²) in [5.41, 5.74) is 1.97. The number of rotatable bonds is 6. The van der Waals surface area contributed by atoms with Gasteiger partial charge < -0.3 is 14.2 Å². The van der Waals surface area contributed by atoms with Crippen molar-refractivity contribution < 1.29 is 4.74 Å². The second kappa shape index (κ2) is 11.1. The van der Waals surface area contributed by atoms with Gasteiger partial charge in [0.15, 0.2) is 5.16 Å². The lowest BCUT2D eigenvalue weighted by molar-refractivity contribution is 0.0662. The Morgan fingerprint density at radius 2 is 1.85 bits per heavy atom. The van der Waals surface area contributed by atoms with Crippen molar-refractivity contribution in [3.05, 3.63) is 77.3 Å². The Hall–Kier alpha value is -1.86. The SMILES string of the molecule is CN(C)CCOC(c1ccc(Cl)cc1)c1ccccn1.Cn1ccnc1S. The van der Waals surface area contributed by atoms with Crippen LogP contribution in [-0.4, -0.2) is 46.7 Å². The van der Waals surface area contributed by atoms with Crippen LogP contribution in [0.5, 0.6) is 0 Å². The van der Waals surface area contributed by atoms with Crippen LogP contribution in [0.1, 0.15) is 17.4 Å². The second-order valence-electron chi connectivity index (χ2n) is 6.20. The van der Waals surface area contributed by atoms with Crippen molar-refractivity contribution in [3.63, 3.8) is 0 Å². The van der Waals surface area contributed by atoms with Crippen molar-refractivity contribution in [2.24, 2.45) is 7.05 Å². The first-order valence-electron chi connectivity index (χ1n) is 8.56. The van der Waals surface area contributed by atoms with E-state index in [4.69, 9.17) is 16.3 Å². The fourth-order valence-electron chi connectivity index (χ4n) is 2.23. The van der Waals surface area contributed by atoms with Crippen LogP contribution in [0.25, 0.3) is 0 Å². The molecule has 3 rings (SSSR count). The number of thiol groups is 1. The average molecular weight is 405 g/mol. The fourth-order valence-corrected chi connectivity index (χ4v) is 2.49.